The molecule has 1 aromatic carbocycles. The molecule has 0 spiro atoms. The van der Waals surface area contributed by atoms with Crippen molar-refractivity contribution in [3.05, 3.63) is 39.9 Å². The molecule has 1 aromatic rings. The van der Waals surface area contributed by atoms with Gasteiger partial charge in [0, 0.05) is 29.6 Å². The molecule has 0 unspecified atom stereocenters. The summed E-state index contributed by atoms with van der Waals surface area (Å²) < 4.78 is 0. The van der Waals surface area contributed by atoms with Crippen LogP contribution in [0.3, 0.4) is 0 Å². The fourth-order valence-corrected chi connectivity index (χ4v) is 4.15. The van der Waals surface area contributed by atoms with Crippen molar-refractivity contribution < 1.29 is 4.79 Å². The molecule has 6 heteroatoms. The smallest absolute Gasteiger partial charge is 0.226 e. The van der Waals surface area contributed by atoms with Crippen LogP contribution >= 0.6 is 23.2 Å². The summed E-state index contributed by atoms with van der Waals surface area (Å²) in [5.74, 6) is 0.0554. The number of carbonyl (C=O) groups excluding carboxylic acids is 1. The standard InChI is InChI=1S/C18H19Cl2N3O/c1-22(17-10-14-6-8-16(17)23(14)11-21)18(24)4-2-3-12-9-13(19)5-7-15(12)20/h2-3,5,7,9,14,16-17H,4,6,8,10H2,1H3/b3-2+/t14-,16+,17+/m0/s1. The number of halogens is 2. The molecule has 2 bridgehead atoms. The van der Waals surface area contributed by atoms with Gasteiger partial charge in [0.15, 0.2) is 6.19 Å². The largest absolute Gasteiger partial charge is 0.340 e. The molecular formula is C18H19Cl2N3O. The molecule has 3 atom stereocenters. The summed E-state index contributed by atoms with van der Waals surface area (Å²) in [6.45, 7) is 0. The Morgan fingerprint density at radius 2 is 2.25 bits per heavy atom. The van der Waals surface area contributed by atoms with Crippen LogP contribution in [0.4, 0.5) is 0 Å². The lowest BCUT2D eigenvalue weighted by Gasteiger charge is -2.30. The van der Waals surface area contributed by atoms with Crippen molar-refractivity contribution in [2.75, 3.05) is 7.05 Å². The van der Waals surface area contributed by atoms with E-state index in [2.05, 4.69) is 6.19 Å². The average Bonchev–Trinajstić information content (AvgIpc) is 3.14. The summed E-state index contributed by atoms with van der Waals surface area (Å²) in [4.78, 5) is 16.1. The number of carbonyl (C=O) groups is 1. The summed E-state index contributed by atoms with van der Waals surface area (Å²) in [5, 5.41) is 10.5. The topological polar surface area (TPSA) is 47.3 Å². The molecular weight excluding hydrogens is 345 g/mol. The van der Waals surface area contributed by atoms with E-state index < -0.39 is 0 Å². The number of hydrogen-bond acceptors (Lipinski definition) is 3. The third-order valence-electron chi connectivity index (χ3n) is 5.06. The van der Waals surface area contributed by atoms with Crippen molar-refractivity contribution in [1.29, 1.82) is 5.26 Å². The van der Waals surface area contributed by atoms with E-state index in [-0.39, 0.29) is 18.0 Å². The zero-order valence-electron chi connectivity index (χ0n) is 13.5. The predicted molar refractivity (Wildman–Crippen MR) is 95.6 cm³/mol. The van der Waals surface area contributed by atoms with E-state index in [9.17, 15) is 10.1 Å². The van der Waals surface area contributed by atoms with E-state index >= 15 is 0 Å². The highest BCUT2D eigenvalue weighted by atomic mass is 35.5. The van der Waals surface area contributed by atoms with E-state index in [1.54, 1.807) is 23.1 Å². The minimum absolute atomic E-state index is 0.0554. The van der Waals surface area contributed by atoms with Crippen LogP contribution in [0.25, 0.3) is 6.08 Å². The number of rotatable bonds is 4. The van der Waals surface area contributed by atoms with Crippen molar-refractivity contribution in [1.82, 2.24) is 9.80 Å². The van der Waals surface area contributed by atoms with Crippen molar-refractivity contribution >= 4 is 35.2 Å². The van der Waals surface area contributed by atoms with E-state index in [4.69, 9.17) is 23.2 Å². The van der Waals surface area contributed by atoms with Gasteiger partial charge in [0.2, 0.25) is 5.91 Å². The zero-order chi connectivity index (χ0) is 17.3. The Labute approximate surface area is 152 Å². The second kappa shape index (κ2) is 7.04. The molecule has 2 fully saturated rings. The lowest BCUT2D eigenvalue weighted by atomic mass is 9.94. The average molecular weight is 364 g/mol. The van der Waals surface area contributed by atoms with Gasteiger partial charge in [0.05, 0.1) is 12.1 Å². The predicted octanol–water partition coefficient (Wildman–Crippen LogP) is 3.94. The van der Waals surface area contributed by atoms with E-state index in [1.807, 2.05) is 24.1 Å². The Morgan fingerprint density at radius 3 is 2.96 bits per heavy atom. The Bertz CT molecular complexity index is 713. The first-order valence-electron chi connectivity index (χ1n) is 8.06. The molecule has 3 rings (SSSR count). The summed E-state index contributed by atoms with van der Waals surface area (Å²) in [6, 6.07) is 5.87. The SMILES string of the molecule is CN(C(=O)C/C=C/c1cc(Cl)ccc1Cl)[C@@H]1C[C@@H]2CC[C@H]1N2C#N. The van der Waals surface area contributed by atoms with Crippen LogP contribution in [0.5, 0.6) is 0 Å². The summed E-state index contributed by atoms with van der Waals surface area (Å²) in [6.07, 6.45) is 9.17. The minimum Gasteiger partial charge on any atom is -0.340 e. The van der Waals surface area contributed by atoms with Gasteiger partial charge in [-0.1, -0.05) is 35.4 Å². The highest BCUT2D eigenvalue weighted by molar-refractivity contribution is 6.34. The molecule has 1 amide bonds. The van der Waals surface area contributed by atoms with Gasteiger partial charge < -0.3 is 9.80 Å². The minimum atomic E-state index is 0.0554. The Morgan fingerprint density at radius 1 is 1.46 bits per heavy atom. The number of fused-ring (bicyclic) bond motifs is 2. The van der Waals surface area contributed by atoms with Gasteiger partial charge in [-0.3, -0.25) is 4.79 Å². The van der Waals surface area contributed by atoms with Crippen LogP contribution in [-0.4, -0.2) is 40.9 Å². The summed E-state index contributed by atoms with van der Waals surface area (Å²) >= 11 is 12.1. The van der Waals surface area contributed by atoms with E-state index in [0.29, 0.717) is 22.5 Å². The van der Waals surface area contributed by atoms with E-state index in [0.717, 1.165) is 24.8 Å². The number of amides is 1. The first-order chi connectivity index (χ1) is 11.5. The molecule has 24 heavy (non-hydrogen) atoms. The van der Waals surface area contributed by atoms with Gasteiger partial charge in [0.25, 0.3) is 0 Å². The number of likely N-dealkylation sites (N-methyl/N-ethyl adjacent to an activating group) is 1. The maximum Gasteiger partial charge on any atom is 0.226 e. The van der Waals surface area contributed by atoms with Gasteiger partial charge in [-0.2, -0.15) is 5.26 Å². The Kier molecular flexibility index (Phi) is 5.03. The number of nitrogens with zero attached hydrogens (tertiary/aromatic N) is 3. The van der Waals surface area contributed by atoms with Crippen LogP contribution in [0.1, 0.15) is 31.2 Å². The van der Waals surface area contributed by atoms with Crippen LogP contribution < -0.4 is 0 Å². The van der Waals surface area contributed by atoms with Crippen LogP contribution in [0.2, 0.25) is 10.0 Å². The van der Waals surface area contributed by atoms with Crippen molar-refractivity contribution in [2.24, 2.45) is 0 Å². The van der Waals surface area contributed by atoms with Crippen molar-refractivity contribution in [2.45, 2.75) is 43.8 Å². The van der Waals surface area contributed by atoms with Crippen molar-refractivity contribution in [3.8, 4) is 6.19 Å². The molecule has 2 heterocycles. The Balaban J connectivity index is 1.60. The fourth-order valence-electron chi connectivity index (χ4n) is 3.79. The molecule has 0 saturated carbocycles. The van der Waals surface area contributed by atoms with Crippen LogP contribution in [0, 0.1) is 11.5 Å². The molecule has 0 N–H and O–H groups in total. The number of nitriles is 1. The fraction of sp³-hybridized carbons (Fsp3) is 0.444. The first-order valence-corrected chi connectivity index (χ1v) is 8.82. The van der Waals surface area contributed by atoms with Gasteiger partial charge in [-0.25, -0.2) is 0 Å². The maximum atomic E-state index is 12.5. The highest BCUT2D eigenvalue weighted by Gasteiger charge is 2.48. The molecule has 2 saturated heterocycles. The molecule has 0 aliphatic carbocycles. The molecule has 2 aliphatic heterocycles. The van der Waals surface area contributed by atoms with Crippen LogP contribution in [0.15, 0.2) is 24.3 Å². The third-order valence-corrected chi connectivity index (χ3v) is 5.64. The number of benzene rings is 1. The summed E-state index contributed by atoms with van der Waals surface area (Å²) in [7, 11) is 1.84. The molecule has 126 valence electrons. The number of hydrogen-bond donors (Lipinski definition) is 0. The quantitative estimate of drug-likeness (QED) is 0.761. The molecule has 0 aromatic heterocycles. The normalized spacial score (nSPS) is 25.2. The van der Waals surface area contributed by atoms with Crippen LogP contribution in [-0.2, 0) is 4.79 Å². The van der Waals surface area contributed by atoms with E-state index in [1.165, 1.54) is 0 Å². The summed E-state index contributed by atoms with van der Waals surface area (Å²) in [5.41, 5.74) is 0.801. The second-order valence-corrected chi connectivity index (χ2v) is 7.23. The van der Waals surface area contributed by atoms with Gasteiger partial charge in [-0.05, 0) is 43.0 Å². The lowest BCUT2D eigenvalue weighted by molar-refractivity contribution is -0.131. The van der Waals surface area contributed by atoms with Gasteiger partial charge >= 0.3 is 0 Å². The Hall–Kier alpha value is -1.70. The third kappa shape index (κ3) is 3.24. The highest BCUT2D eigenvalue weighted by Crippen LogP contribution is 2.39. The monoisotopic (exact) mass is 363 g/mol. The molecule has 4 nitrogen and oxygen atoms in total. The molecule has 2 aliphatic rings. The maximum absolute atomic E-state index is 12.5. The van der Waals surface area contributed by atoms with Gasteiger partial charge in [0.1, 0.15) is 0 Å². The second-order valence-electron chi connectivity index (χ2n) is 6.39. The van der Waals surface area contributed by atoms with Crippen molar-refractivity contribution in [3.63, 3.8) is 0 Å². The zero-order valence-corrected chi connectivity index (χ0v) is 15.0. The lowest BCUT2D eigenvalue weighted by Crippen LogP contribution is -2.44. The first kappa shape index (κ1) is 17.1. The van der Waals surface area contributed by atoms with Gasteiger partial charge in [-0.15, -0.1) is 0 Å². The molecule has 0 radical (unpaired) electrons.